The Morgan fingerprint density at radius 3 is 0.635 bits per heavy atom. The van der Waals surface area contributed by atoms with Crippen molar-refractivity contribution in [3.05, 3.63) is 345 Å². The first-order valence-electron chi connectivity index (χ1n) is 39.1. The van der Waals surface area contributed by atoms with Crippen LogP contribution in [0.2, 0.25) is 0 Å². The Bertz CT molecular complexity index is 5140. The van der Waals surface area contributed by atoms with Crippen LogP contribution >= 0.6 is 0 Å². The maximum absolute atomic E-state index is 2.46. The highest BCUT2D eigenvalue weighted by molar-refractivity contribution is 6.31. The van der Waals surface area contributed by atoms with Crippen molar-refractivity contribution in [2.45, 2.75) is 128 Å². The number of rotatable bonds is 13. The molecule has 0 heteroatoms. The van der Waals surface area contributed by atoms with Crippen LogP contribution in [0.15, 0.2) is 289 Å². The SMILES string of the molecule is C(=C1CCCCC1)c1ccc(C(=Cc2ccc(-c3c4ccccc4c(-c4c5ccccc5c(-c5ccc(C=C(c6ccc(C=C7CCCCC7)cc6)c6ccc(C=C7CCCCC7)cc6)c6ccccc56)c5ccccc45)c4ccccc34)c3ccccc23)c2ccc(C=C3CCCCC3)cc2)cc1. The summed E-state index contributed by atoms with van der Waals surface area (Å²) in [4.78, 5) is 0. The third-order valence-corrected chi connectivity index (χ3v) is 23.5. The average Bonchev–Trinajstić information content (AvgIpc) is 0.706. The Balaban J connectivity index is 0.766. The van der Waals surface area contributed by atoms with Gasteiger partial charge in [-0.3, -0.25) is 0 Å². The molecule has 0 N–H and O–H groups in total. The molecule has 0 aliphatic heterocycles. The lowest BCUT2D eigenvalue weighted by Gasteiger charge is -2.23. The third kappa shape index (κ3) is 13.1. The van der Waals surface area contributed by atoms with Crippen LogP contribution in [0.4, 0.5) is 0 Å². The van der Waals surface area contributed by atoms with Gasteiger partial charge in [0.2, 0.25) is 0 Å². The van der Waals surface area contributed by atoms with E-state index in [-0.39, 0.29) is 0 Å². The van der Waals surface area contributed by atoms with Crippen LogP contribution < -0.4 is 0 Å². The molecule has 0 heterocycles. The second-order valence-corrected chi connectivity index (χ2v) is 30.2. The summed E-state index contributed by atoms with van der Waals surface area (Å²) in [6.45, 7) is 0. The van der Waals surface area contributed by atoms with Crippen LogP contribution in [0.1, 0.15) is 184 Å². The Labute approximate surface area is 614 Å². The summed E-state index contributed by atoms with van der Waals surface area (Å²) in [5.74, 6) is 0. The molecule has 0 spiro atoms. The van der Waals surface area contributed by atoms with Gasteiger partial charge in [-0.15, -0.1) is 0 Å². The zero-order valence-corrected chi connectivity index (χ0v) is 60.0. The molecule has 14 aromatic rings. The molecule has 4 aliphatic carbocycles. The summed E-state index contributed by atoms with van der Waals surface area (Å²) in [7, 11) is 0. The summed E-state index contributed by atoms with van der Waals surface area (Å²) in [5.41, 5.74) is 28.9. The van der Waals surface area contributed by atoms with Gasteiger partial charge in [-0.2, -0.15) is 0 Å². The van der Waals surface area contributed by atoms with Gasteiger partial charge in [0.05, 0.1) is 0 Å². The van der Waals surface area contributed by atoms with Gasteiger partial charge in [-0.25, -0.2) is 0 Å². The molecule has 0 saturated heterocycles. The number of benzene rings is 14. The van der Waals surface area contributed by atoms with Crippen LogP contribution in [0.5, 0.6) is 0 Å². The summed E-state index contributed by atoms with van der Waals surface area (Å²) in [6, 6.07) is 103. The van der Waals surface area contributed by atoms with Gasteiger partial charge in [0, 0.05) is 0 Å². The number of allylic oxidation sites excluding steroid dienone is 4. The van der Waals surface area contributed by atoms with Crippen molar-refractivity contribution in [2.75, 3.05) is 0 Å². The topological polar surface area (TPSA) is 0 Å². The fraction of sp³-hybridized carbons (Fsp3) is 0.192. The van der Waals surface area contributed by atoms with Crippen molar-refractivity contribution < 1.29 is 0 Å². The van der Waals surface area contributed by atoms with E-state index in [1.54, 1.807) is 22.3 Å². The van der Waals surface area contributed by atoms with Crippen molar-refractivity contribution in [3.63, 3.8) is 0 Å². The van der Waals surface area contributed by atoms with Crippen LogP contribution in [0.25, 0.3) is 146 Å². The molecule has 0 atom stereocenters. The van der Waals surface area contributed by atoms with E-state index >= 15 is 0 Å². The van der Waals surface area contributed by atoms with E-state index in [1.165, 1.54) is 293 Å². The zero-order chi connectivity index (χ0) is 69.1. The van der Waals surface area contributed by atoms with E-state index in [4.69, 9.17) is 0 Å². The minimum atomic E-state index is 1.21. The van der Waals surface area contributed by atoms with E-state index in [0.717, 1.165) is 0 Å². The van der Waals surface area contributed by atoms with Gasteiger partial charge < -0.3 is 0 Å². The van der Waals surface area contributed by atoms with Crippen LogP contribution in [0, 0.1) is 0 Å². The summed E-state index contributed by atoms with van der Waals surface area (Å²) in [5, 5.41) is 14.9. The Hall–Kier alpha value is -10.9. The minimum Gasteiger partial charge on any atom is -0.0696 e. The second-order valence-electron chi connectivity index (χ2n) is 30.2. The van der Waals surface area contributed by atoms with E-state index in [0.29, 0.717) is 0 Å². The fourth-order valence-corrected chi connectivity index (χ4v) is 18.3. The molecule has 14 aromatic carbocycles. The molecule has 104 heavy (non-hydrogen) atoms. The summed E-state index contributed by atoms with van der Waals surface area (Å²) in [6.07, 6.45) is 40.3. The molecule has 0 unspecified atom stereocenters. The normalized spacial score (nSPS) is 15.0. The van der Waals surface area contributed by atoms with Crippen molar-refractivity contribution >= 4 is 112 Å². The molecule has 4 aliphatic rings. The third-order valence-electron chi connectivity index (χ3n) is 23.5. The van der Waals surface area contributed by atoms with Crippen molar-refractivity contribution in [1.29, 1.82) is 0 Å². The van der Waals surface area contributed by atoms with Crippen LogP contribution in [-0.2, 0) is 0 Å². The lowest BCUT2D eigenvalue weighted by molar-refractivity contribution is 0.602. The van der Waals surface area contributed by atoms with E-state index < -0.39 is 0 Å². The highest BCUT2D eigenvalue weighted by Crippen LogP contribution is 2.52. The fourth-order valence-electron chi connectivity index (χ4n) is 18.3. The largest absolute Gasteiger partial charge is 0.0696 e. The molecule has 0 nitrogen and oxygen atoms in total. The Kier molecular flexibility index (Phi) is 18.4. The quantitative estimate of drug-likeness (QED) is 0.0797. The van der Waals surface area contributed by atoms with Crippen molar-refractivity contribution in [2.24, 2.45) is 0 Å². The highest BCUT2D eigenvalue weighted by Gasteiger charge is 2.25. The summed E-state index contributed by atoms with van der Waals surface area (Å²) >= 11 is 0. The molecule has 4 saturated carbocycles. The van der Waals surface area contributed by atoms with Crippen molar-refractivity contribution in [1.82, 2.24) is 0 Å². The molecule has 0 aromatic heterocycles. The monoisotopic (exact) mass is 1340 g/mol. The van der Waals surface area contributed by atoms with E-state index in [2.05, 4.69) is 303 Å². The van der Waals surface area contributed by atoms with Gasteiger partial charge in [-0.1, -0.05) is 339 Å². The molecule has 0 bridgehead atoms. The van der Waals surface area contributed by atoms with E-state index in [1.807, 2.05) is 0 Å². The molecule has 0 amide bonds. The van der Waals surface area contributed by atoms with Gasteiger partial charge in [-0.05, 0) is 280 Å². The maximum Gasteiger partial charge on any atom is -0.00139 e. The van der Waals surface area contributed by atoms with Crippen molar-refractivity contribution in [3.8, 4) is 33.4 Å². The first-order chi connectivity index (χ1) is 51.6. The van der Waals surface area contributed by atoms with Crippen LogP contribution in [-0.4, -0.2) is 0 Å². The number of hydrogen-bond acceptors (Lipinski definition) is 0. The predicted octanol–water partition coefficient (Wildman–Crippen LogP) is 30.2. The standard InChI is InChI=1S/C104H90/c1-5-25-71(26-6-1)65-75-45-53-79(54-46-75)99(80-55-47-76(48-56-80)66-72-27-7-2-8-28-72)69-83-61-63-97(87-35-15-13-33-85(83)87)101-89-37-17-21-41-93(89)103(94-42-22-18-38-90(94)101)104-95-43-23-19-39-91(95)102(92-40-20-24-44-96(92)104)98-64-62-84(86-34-14-16-36-88(86)98)70-100(81-57-49-77(50-58-81)67-73-29-9-3-10-30-73)82-59-51-78(52-60-82)68-74-31-11-4-12-32-74/h13-24,33-70H,1-12,25-32H2. The van der Waals surface area contributed by atoms with Crippen LogP contribution in [0.3, 0.4) is 0 Å². The lowest BCUT2D eigenvalue weighted by atomic mass is 9.80. The van der Waals surface area contributed by atoms with E-state index in [9.17, 15) is 0 Å². The number of hydrogen-bond donors (Lipinski definition) is 0. The molecule has 4 fully saturated rings. The van der Waals surface area contributed by atoms with Gasteiger partial charge in [0.1, 0.15) is 0 Å². The van der Waals surface area contributed by atoms with Gasteiger partial charge >= 0.3 is 0 Å². The number of fused-ring (bicyclic) bond motifs is 6. The lowest BCUT2D eigenvalue weighted by Crippen LogP contribution is -1.96. The first-order valence-corrected chi connectivity index (χ1v) is 39.1. The Morgan fingerprint density at radius 2 is 0.394 bits per heavy atom. The molecule has 0 radical (unpaired) electrons. The zero-order valence-electron chi connectivity index (χ0n) is 60.0. The Morgan fingerprint density at radius 1 is 0.183 bits per heavy atom. The molecule has 18 rings (SSSR count). The molecule has 506 valence electrons. The predicted molar refractivity (Wildman–Crippen MR) is 452 cm³/mol. The highest BCUT2D eigenvalue weighted by atomic mass is 14.3. The molecular formula is C104H90. The smallest absolute Gasteiger partial charge is 0.00139 e. The van der Waals surface area contributed by atoms with Gasteiger partial charge in [0.15, 0.2) is 0 Å². The maximum atomic E-state index is 2.46. The van der Waals surface area contributed by atoms with Gasteiger partial charge in [0.25, 0.3) is 0 Å². The second kappa shape index (κ2) is 29.4. The summed E-state index contributed by atoms with van der Waals surface area (Å²) < 4.78 is 0. The average molecular weight is 1340 g/mol. The first kappa shape index (κ1) is 65.1. The molecular weight excluding hydrogens is 1250 g/mol. The minimum absolute atomic E-state index is 1.21.